The Kier molecular flexibility index (Phi) is 3.44. The van der Waals surface area contributed by atoms with Gasteiger partial charge in [-0.3, -0.25) is 0 Å². The molecule has 128 valence electrons. The summed E-state index contributed by atoms with van der Waals surface area (Å²) in [5.41, 5.74) is 6.52. The molecular formula is C22H17BrN2O. The molecule has 3 aromatic rings. The van der Waals surface area contributed by atoms with Crippen LogP contribution in [0.3, 0.4) is 0 Å². The van der Waals surface area contributed by atoms with Crippen LogP contribution in [-0.4, -0.2) is 19.4 Å². The number of oxime groups is 1. The summed E-state index contributed by atoms with van der Waals surface area (Å²) >= 11 is 3.52. The number of fused-ring (bicyclic) bond motifs is 4. The molecule has 2 aliphatic heterocycles. The second-order valence-corrected chi connectivity index (χ2v) is 7.63. The Morgan fingerprint density at radius 2 is 1.46 bits per heavy atom. The number of hydrogen-bond acceptors (Lipinski definition) is 3. The van der Waals surface area contributed by atoms with E-state index in [2.05, 4.69) is 106 Å². The van der Waals surface area contributed by atoms with Crippen molar-refractivity contribution in [2.75, 3.05) is 18.6 Å². The maximum atomic E-state index is 5.74. The van der Waals surface area contributed by atoms with Gasteiger partial charge in [-0.25, -0.2) is 0 Å². The lowest BCUT2D eigenvalue weighted by Crippen LogP contribution is -2.43. The van der Waals surface area contributed by atoms with Gasteiger partial charge in [0.1, 0.15) is 17.7 Å². The molecule has 0 amide bonds. The van der Waals surface area contributed by atoms with Crippen LogP contribution in [0.25, 0.3) is 0 Å². The number of anilines is 2. The third kappa shape index (κ3) is 2.02. The molecule has 4 heteroatoms. The Morgan fingerprint density at radius 3 is 2.08 bits per heavy atom. The molecule has 0 N–H and O–H groups in total. The molecule has 0 fully saturated rings. The Bertz CT molecular complexity index is 979. The van der Waals surface area contributed by atoms with Gasteiger partial charge in [-0.05, 0) is 35.4 Å². The van der Waals surface area contributed by atoms with E-state index in [9.17, 15) is 0 Å². The highest BCUT2D eigenvalue weighted by Gasteiger charge is 2.50. The zero-order valence-electron chi connectivity index (χ0n) is 14.3. The maximum absolute atomic E-state index is 5.74. The van der Waals surface area contributed by atoms with Crippen LogP contribution >= 0.6 is 15.9 Å². The molecule has 2 heterocycles. The van der Waals surface area contributed by atoms with Gasteiger partial charge < -0.3 is 9.74 Å². The first kappa shape index (κ1) is 15.6. The molecule has 0 radical (unpaired) electrons. The van der Waals surface area contributed by atoms with Crippen LogP contribution in [0.4, 0.5) is 11.4 Å². The molecule has 3 aromatic carbocycles. The van der Waals surface area contributed by atoms with Gasteiger partial charge in [-0.1, -0.05) is 69.6 Å². The summed E-state index contributed by atoms with van der Waals surface area (Å²) in [6.07, 6.45) is 0. The second kappa shape index (κ2) is 5.71. The van der Waals surface area contributed by atoms with E-state index in [1.807, 2.05) is 0 Å². The van der Waals surface area contributed by atoms with E-state index in [1.165, 1.54) is 22.5 Å². The normalized spacial score (nSPS) is 16.7. The molecule has 5 rings (SSSR count). The lowest BCUT2D eigenvalue weighted by Gasteiger charge is -2.41. The van der Waals surface area contributed by atoms with Gasteiger partial charge in [0.15, 0.2) is 0 Å². The zero-order valence-corrected chi connectivity index (χ0v) is 15.9. The number of para-hydroxylation sites is 2. The van der Waals surface area contributed by atoms with Crippen LogP contribution in [0, 0.1) is 0 Å². The number of rotatable bonds is 1. The predicted octanol–water partition coefficient (Wildman–Crippen LogP) is 5.25. The molecule has 0 bridgehead atoms. The lowest BCUT2D eigenvalue weighted by molar-refractivity contribution is 0.152. The smallest absolute Gasteiger partial charge is 0.136 e. The summed E-state index contributed by atoms with van der Waals surface area (Å²) < 4.78 is 1.05. The van der Waals surface area contributed by atoms with E-state index in [0.717, 1.165) is 15.7 Å². The summed E-state index contributed by atoms with van der Waals surface area (Å²) in [7, 11) is 2.12. The zero-order chi connectivity index (χ0) is 17.7. The quantitative estimate of drug-likeness (QED) is 0.553. The van der Waals surface area contributed by atoms with Crippen LogP contribution < -0.4 is 4.90 Å². The minimum atomic E-state index is -0.395. The number of hydrogen-bond donors (Lipinski definition) is 0. The third-order valence-electron chi connectivity index (χ3n) is 5.41. The first-order chi connectivity index (χ1) is 12.7. The van der Waals surface area contributed by atoms with Crippen molar-refractivity contribution in [2.45, 2.75) is 5.41 Å². The van der Waals surface area contributed by atoms with E-state index in [1.54, 1.807) is 0 Å². The highest BCUT2D eigenvalue weighted by Crippen LogP contribution is 2.51. The largest absolute Gasteiger partial charge is 0.394 e. The van der Waals surface area contributed by atoms with Crippen LogP contribution in [-0.2, 0) is 10.3 Å². The molecule has 0 unspecified atom stereocenters. The van der Waals surface area contributed by atoms with E-state index < -0.39 is 5.41 Å². The second-order valence-electron chi connectivity index (χ2n) is 6.72. The van der Waals surface area contributed by atoms with Crippen molar-refractivity contribution in [1.29, 1.82) is 0 Å². The van der Waals surface area contributed by atoms with Crippen molar-refractivity contribution in [1.82, 2.24) is 0 Å². The minimum absolute atomic E-state index is 0.395. The van der Waals surface area contributed by atoms with Gasteiger partial charge in [0, 0.05) is 28.5 Å². The van der Waals surface area contributed by atoms with E-state index in [0.29, 0.717) is 6.61 Å². The maximum Gasteiger partial charge on any atom is 0.136 e. The Hall–Kier alpha value is -2.59. The predicted molar refractivity (Wildman–Crippen MR) is 108 cm³/mol. The van der Waals surface area contributed by atoms with Crippen molar-refractivity contribution < 1.29 is 4.84 Å². The molecule has 1 spiro atoms. The summed E-state index contributed by atoms with van der Waals surface area (Å²) in [6, 6.07) is 25.4. The van der Waals surface area contributed by atoms with Crippen LogP contribution in [0.2, 0.25) is 0 Å². The van der Waals surface area contributed by atoms with Crippen molar-refractivity contribution in [3.05, 3.63) is 94.0 Å². The van der Waals surface area contributed by atoms with E-state index >= 15 is 0 Å². The average molecular weight is 405 g/mol. The molecule has 0 aliphatic carbocycles. The van der Waals surface area contributed by atoms with Gasteiger partial charge in [0.25, 0.3) is 0 Å². The fraction of sp³-hybridized carbons (Fsp3) is 0.136. The first-order valence-corrected chi connectivity index (χ1v) is 9.40. The van der Waals surface area contributed by atoms with Gasteiger partial charge >= 0.3 is 0 Å². The molecular weight excluding hydrogens is 388 g/mol. The van der Waals surface area contributed by atoms with E-state index in [4.69, 9.17) is 4.84 Å². The number of benzene rings is 3. The van der Waals surface area contributed by atoms with Crippen LogP contribution in [0.1, 0.15) is 16.7 Å². The van der Waals surface area contributed by atoms with Crippen molar-refractivity contribution in [3.8, 4) is 0 Å². The van der Waals surface area contributed by atoms with Gasteiger partial charge in [0.05, 0.1) is 0 Å². The third-order valence-corrected chi connectivity index (χ3v) is 5.94. The Morgan fingerprint density at radius 1 is 0.885 bits per heavy atom. The molecule has 2 aliphatic rings. The summed E-state index contributed by atoms with van der Waals surface area (Å²) in [5, 5.41) is 4.52. The molecule has 0 atom stereocenters. The fourth-order valence-electron chi connectivity index (χ4n) is 4.19. The topological polar surface area (TPSA) is 24.8 Å². The SMILES string of the molecule is CN1c2ccccc2C2(CON=C2c2ccc(Br)cc2)c2ccccc21. The Balaban J connectivity index is 1.82. The van der Waals surface area contributed by atoms with Gasteiger partial charge in [0.2, 0.25) is 0 Å². The average Bonchev–Trinajstić information content (AvgIpc) is 3.13. The standard InChI is InChI=1S/C22H17BrN2O/c1-25-19-8-4-2-6-17(19)22(18-7-3-5-9-20(18)25)14-26-24-21(22)15-10-12-16(23)13-11-15/h2-13H,14H2,1H3. The monoisotopic (exact) mass is 404 g/mol. The van der Waals surface area contributed by atoms with Gasteiger partial charge in [-0.2, -0.15) is 0 Å². The van der Waals surface area contributed by atoms with Crippen molar-refractivity contribution in [2.24, 2.45) is 5.16 Å². The molecule has 0 saturated carbocycles. The van der Waals surface area contributed by atoms with Crippen molar-refractivity contribution in [3.63, 3.8) is 0 Å². The highest BCUT2D eigenvalue weighted by atomic mass is 79.9. The summed E-state index contributed by atoms with van der Waals surface area (Å²) in [6.45, 7) is 0.514. The Labute approximate surface area is 161 Å². The van der Waals surface area contributed by atoms with Crippen molar-refractivity contribution >= 4 is 33.0 Å². The first-order valence-electron chi connectivity index (χ1n) is 8.61. The highest BCUT2D eigenvalue weighted by molar-refractivity contribution is 9.10. The minimum Gasteiger partial charge on any atom is -0.394 e. The molecule has 0 saturated heterocycles. The number of nitrogens with zero attached hydrogens (tertiary/aromatic N) is 2. The fourth-order valence-corrected chi connectivity index (χ4v) is 4.45. The number of halogens is 1. The van der Waals surface area contributed by atoms with E-state index in [-0.39, 0.29) is 0 Å². The van der Waals surface area contributed by atoms with Crippen LogP contribution in [0.15, 0.2) is 82.4 Å². The molecule has 0 aromatic heterocycles. The van der Waals surface area contributed by atoms with Crippen LogP contribution in [0.5, 0.6) is 0 Å². The summed E-state index contributed by atoms with van der Waals surface area (Å²) in [4.78, 5) is 8.00. The molecule has 3 nitrogen and oxygen atoms in total. The summed E-state index contributed by atoms with van der Waals surface area (Å²) in [5.74, 6) is 0. The lowest BCUT2D eigenvalue weighted by atomic mass is 9.67. The van der Waals surface area contributed by atoms with Gasteiger partial charge in [-0.15, -0.1) is 0 Å². The molecule has 26 heavy (non-hydrogen) atoms.